The van der Waals surface area contributed by atoms with Crippen LogP contribution in [0.4, 0.5) is 17.1 Å². The number of nitro groups is 2. The van der Waals surface area contributed by atoms with Crippen molar-refractivity contribution in [3.05, 3.63) is 37.4 Å². The van der Waals surface area contributed by atoms with E-state index < -0.39 is 9.85 Å². The van der Waals surface area contributed by atoms with Crippen LogP contribution in [-0.2, 0) is 17.8 Å². The Bertz CT molecular complexity index is 585. The van der Waals surface area contributed by atoms with Crippen molar-refractivity contribution in [2.45, 2.75) is 52.7 Å². The first-order chi connectivity index (χ1) is 10.9. The SMILES string of the molecule is CCc1cc([N+](=O)[O-])c(NC(CC)CC)c([N+](=O)[O-])c1COC. The summed E-state index contributed by atoms with van der Waals surface area (Å²) in [6.45, 7) is 5.69. The fourth-order valence-corrected chi connectivity index (χ4v) is 2.55. The molecule has 0 atom stereocenters. The third-order valence-corrected chi connectivity index (χ3v) is 3.86. The Labute approximate surface area is 135 Å². The number of hydrogen-bond acceptors (Lipinski definition) is 6. The summed E-state index contributed by atoms with van der Waals surface area (Å²) in [6.07, 6.45) is 1.87. The van der Waals surface area contributed by atoms with Crippen LogP contribution in [0.1, 0.15) is 44.7 Å². The number of benzene rings is 1. The quantitative estimate of drug-likeness (QED) is 0.546. The van der Waals surface area contributed by atoms with Crippen molar-refractivity contribution >= 4 is 17.1 Å². The van der Waals surface area contributed by atoms with Gasteiger partial charge in [0.25, 0.3) is 5.69 Å². The molecule has 0 aliphatic rings. The summed E-state index contributed by atoms with van der Waals surface area (Å²) in [7, 11) is 1.44. The second-order valence-electron chi connectivity index (χ2n) is 5.22. The van der Waals surface area contributed by atoms with Crippen LogP contribution in [0.3, 0.4) is 0 Å². The second-order valence-corrected chi connectivity index (χ2v) is 5.22. The van der Waals surface area contributed by atoms with E-state index in [0.717, 1.165) is 0 Å². The molecule has 0 aliphatic heterocycles. The third-order valence-electron chi connectivity index (χ3n) is 3.86. The Morgan fingerprint density at radius 1 is 1.17 bits per heavy atom. The highest BCUT2D eigenvalue weighted by molar-refractivity contribution is 5.78. The zero-order chi connectivity index (χ0) is 17.6. The molecule has 0 saturated carbocycles. The molecule has 1 aromatic carbocycles. The summed E-state index contributed by atoms with van der Waals surface area (Å²) in [4.78, 5) is 21.9. The third kappa shape index (κ3) is 4.16. The normalized spacial score (nSPS) is 10.8. The van der Waals surface area contributed by atoms with Crippen LogP contribution in [0.5, 0.6) is 0 Å². The topological polar surface area (TPSA) is 108 Å². The van der Waals surface area contributed by atoms with Gasteiger partial charge in [0.15, 0.2) is 5.69 Å². The van der Waals surface area contributed by atoms with Crippen molar-refractivity contribution in [1.82, 2.24) is 0 Å². The molecule has 0 amide bonds. The number of nitrogens with zero attached hydrogens (tertiary/aromatic N) is 2. The maximum Gasteiger partial charge on any atom is 0.305 e. The van der Waals surface area contributed by atoms with E-state index in [1.165, 1.54) is 13.2 Å². The van der Waals surface area contributed by atoms with Gasteiger partial charge in [0.2, 0.25) is 0 Å². The number of anilines is 1. The van der Waals surface area contributed by atoms with Gasteiger partial charge < -0.3 is 10.1 Å². The highest BCUT2D eigenvalue weighted by Gasteiger charge is 2.32. The minimum Gasteiger partial charge on any atom is -0.380 e. The van der Waals surface area contributed by atoms with Gasteiger partial charge in [-0.05, 0) is 24.8 Å². The zero-order valence-corrected chi connectivity index (χ0v) is 13.9. The zero-order valence-electron chi connectivity index (χ0n) is 13.9. The van der Waals surface area contributed by atoms with Crippen molar-refractivity contribution in [3.63, 3.8) is 0 Å². The largest absolute Gasteiger partial charge is 0.380 e. The average Bonchev–Trinajstić information content (AvgIpc) is 2.51. The van der Waals surface area contributed by atoms with E-state index in [2.05, 4.69) is 5.32 Å². The first kappa shape index (κ1) is 18.8. The van der Waals surface area contributed by atoms with Crippen LogP contribution in [0.2, 0.25) is 0 Å². The molecule has 8 heteroatoms. The van der Waals surface area contributed by atoms with E-state index in [4.69, 9.17) is 4.74 Å². The molecule has 0 fully saturated rings. The fourth-order valence-electron chi connectivity index (χ4n) is 2.55. The smallest absolute Gasteiger partial charge is 0.305 e. The van der Waals surface area contributed by atoms with Crippen LogP contribution < -0.4 is 5.32 Å². The van der Waals surface area contributed by atoms with Crippen molar-refractivity contribution < 1.29 is 14.6 Å². The lowest BCUT2D eigenvalue weighted by atomic mass is 9.99. The first-order valence-corrected chi connectivity index (χ1v) is 7.64. The van der Waals surface area contributed by atoms with Gasteiger partial charge >= 0.3 is 5.69 Å². The average molecular weight is 325 g/mol. The number of rotatable bonds is 9. The minimum absolute atomic E-state index is 0.0297. The number of nitrogens with one attached hydrogen (secondary N) is 1. The van der Waals surface area contributed by atoms with Crippen molar-refractivity contribution in [2.75, 3.05) is 12.4 Å². The van der Waals surface area contributed by atoms with Crippen molar-refractivity contribution in [1.29, 1.82) is 0 Å². The van der Waals surface area contributed by atoms with Crippen molar-refractivity contribution in [2.24, 2.45) is 0 Å². The molecule has 0 aliphatic carbocycles. The lowest BCUT2D eigenvalue weighted by Crippen LogP contribution is -2.20. The van der Waals surface area contributed by atoms with E-state index in [0.29, 0.717) is 30.4 Å². The van der Waals surface area contributed by atoms with E-state index in [1.807, 2.05) is 13.8 Å². The maximum atomic E-state index is 11.6. The van der Waals surface area contributed by atoms with E-state index in [1.54, 1.807) is 6.92 Å². The van der Waals surface area contributed by atoms with Gasteiger partial charge in [-0.2, -0.15) is 0 Å². The number of hydrogen-bond donors (Lipinski definition) is 1. The summed E-state index contributed by atoms with van der Waals surface area (Å²) < 4.78 is 5.07. The van der Waals surface area contributed by atoms with Gasteiger partial charge in [-0.15, -0.1) is 0 Å². The van der Waals surface area contributed by atoms with Crippen LogP contribution in [-0.4, -0.2) is 23.0 Å². The molecule has 0 radical (unpaired) electrons. The Morgan fingerprint density at radius 2 is 1.78 bits per heavy atom. The molecule has 0 spiro atoms. The molecule has 128 valence electrons. The Balaban J connectivity index is 3.68. The van der Waals surface area contributed by atoms with Gasteiger partial charge in [-0.25, -0.2) is 0 Å². The number of ether oxygens (including phenoxy) is 1. The summed E-state index contributed by atoms with van der Waals surface area (Å²) in [5, 5.41) is 26.0. The number of aryl methyl sites for hydroxylation is 1. The molecular formula is C15H23N3O5. The van der Waals surface area contributed by atoms with Gasteiger partial charge in [0.05, 0.1) is 22.0 Å². The Kier molecular flexibility index (Phi) is 6.89. The Morgan fingerprint density at radius 3 is 2.17 bits per heavy atom. The molecule has 0 bridgehead atoms. The monoisotopic (exact) mass is 325 g/mol. The summed E-state index contributed by atoms with van der Waals surface area (Å²) in [6, 6.07) is 1.33. The lowest BCUT2D eigenvalue weighted by molar-refractivity contribution is -0.393. The highest BCUT2D eigenvalue weighted by atomic mass is 16.6. The first-order valence-electron chi connectivity index (χ1n) is 7.64. The summed E-state index contributed by atoms with van der Waals surface area (Å²) in [5.74, 6) is 0. The molecule has 23 heavy (non-hydrogen) atoms. The predicted octanol–water partition coefficient (Wildman–Crippen LogP) is 3.81. The summed E-state index contributed by atoms with van der Waals surface area (Å²) in [5.41, 5.74) is 0.391. The van der Waals surface area contributed by atoms with Crippen molar-refractivity contribution in [3.8, 4) is 0 Å². The van der Waals surface area contributed by atoms with Crippen LogP contribution >= 0.6 is 0 Å². The second kappa shape index (κ2) is 8.42. The van der Waals surface area contributed by atoms with E-state index in [9.17, 15) is 20.2 Å². The van der Waals surface area contributed by atoms with Gasteiger partial charge in [0.1, 0.15) is 0 Å². The lowest BCUT2D eigenvalue weighted by Gasteiger charge is -2.18. The molecule has 0 saturated heterocycles. The molecule has 1 rings (SSSR count). The molecule has 8 nitrogen and oxygen atoms in total. The molecule has 0 unspecified atom stereocenters. The van der Waals surface area contributed by atoms with E-state index in [-0.39, 0.29) is 29.7 Å². The van der Waals surface area contributed by atoms with Gasteiger partial charge in [-0.1, -0.05) is 20.8 Å². The summed E-state index contributed by atoms with van der Waals surface area (Å²) >= 11 is 0. The minimum atomic E-state index is -0.576. The van der Waals surface area contributed by atoms with E-state index >= 15 is 0 Å². The molecule has 0 heterocycles. The maximum absolute atomic E-state index is 11.6. The number of methoxy groups -OCH3 is 1. The fraction of sp³-hybridized carbons (Fsp3) is 0.600. The van der Waals surface area contributed by atoms with Gasteiger partial charge in [-0.3, -0.25) is 20.2 Å². The molecule has 0 aromatic heterocycles. The Hall–Kier alpha value is -2.22. The standard InChI is InChI=1S/C15H23N3O5/c1-5-10-8-13(17(19)20)14(16-11(6-2)7-3)15(18(21)22)12(10)9-23-4/h8,11,16H,5-7,9H2,1-4H3. The highest BCUT2D eigenvalue weighted by Crippen LogP contribution is 2.40. The van der Waals surface area contributed by atoms with Crippen LogP contribution in [0.25, 0.3) is 0 Å². The molecule has 1 N–H and O–H groups in total. The number of nitro benzene ring substituents is 2. The van der Waals surface area contributed by atoms with Crippen LogP contribution in [0.15, 0.2) is 6.07 Å². The predicted molar refractivity (Wildman–Crippen MR) is 87.8 cm³/mol. The van der Waals surface area contributed by atoms with Crippen LogP contribution in [0, 0.1) is 20.2 Å². The molecular weight excluding hydrogens is 302 g/mol. The van der Waals surface area contributed by atoms with Gasteiger partial charge in [0, 0.05) is 19.2 Å². The molecule has 1 aromatic rings.